The number of hydrogen-bond acceptors (Lipinski definition) is 4. The number of rotatable bonds is 4. The van der Waals surface area contributed by atoms with E-state index in [4.69, 9.17) is 0 Å². The highest BCUT2D eigenvalue weighted by Gasteiger charge is 2.41. The van der Waals surface area contributed by atoms with Crippen molar-refractivity contribution in [3.63, 3.8) is 0 Å². The van der Waals surface area contributed by atoms with Crippen LogP contribution < -0.4 is 10.2 Å². The van der Waals surface area contributed by atoms with Crippen LogP contribution in [0.3, 0.4) is 0 Å². The molecule has 5 heteroatoms. The fraction of sp³-hybridized carbons (Fsp3) is 0.625. The molecule has 1 aromatic rings. The molecular weight excluding hydrogens is 284 g/mol. The molecule has 21 heavy (non-hydrogen) atoms. The van der Waals surface area contributed by atoms with Gasteiger partial charge in [0.05, 0.1) is 10.6 Å². The second-order valence-electron chi connectivity index (χ2n) is 6.29. The second-order valence-corrected chi connectivity index (χ2v) is 8.40. The number of nitrogens with one attached hydrogen (secondary N) is 1. The Morgan fingerprint density at radius 1 is 1.24 bits per heavy atom. The first-order valence-electron chi connectivity index (χ1n) is 7.83. The Bertz CT molecular complexity index is 597. The molecule has 2 heterocycles. The molecule has 1 aromatic carbocycles. The normalized spacial score (nSPS) is 28.9. The number of sulfone groups is 1. The Balaban J connectivity index is 1.79. The third-order valence-electron chi connectivity index (χ3n) is 4.93. The van der Waals surface area contributed by atoms with Crippen LogP contribution in [0.5, 0.6) is 0 Å². The molecule has 0 amide bonds. The van der Waals surface area contributed by atoms with Gasteiger partial charge in [0.1, 0.15) is 0 Å². The minimum Gasteiger partial charge on any atom is -0.368 e. The van der Waals surface area contributed by atoms with Gasteiger partial charge in [0.15, 0.2) is 9.84 Å². The number of nitrogens with zero attached hydrogens (tertiary/aromatic N) is 1. The molecule has 0 aromatic heterocycles. The first kappa shape index (κ1) is 14.9. The zero-order valence-electron chi connectivity index (χ0n) is 12.7. The second kappa shape index (κ2) is 5.61. The predicted octanol–water partition coefficient (Wildman–Crippen LogP) is 1.91. The van der Waals surface area contributed by atoms with Crippen LogP contribution in [-0.4, -0.2) is 39.8 Å². The molecule has 2 saturated heterocycles. The molecule has 3 unspecified atom stereocenters. The van der Waals surface area contributed by atoms with Gasteiger partial charge in [-0.25, -0.2) is 8.42 Å². The average molecular weight is 308 g/mol. The molecule has 2 aliphatic rings. The van der Waals surface area contributed by atoms with E-state index in [9.17, 15) is 8.42 Å². The van der Waals surface area contributed by atoms with Crippen molar-refractivity contribution in [1.82, 2.24) is 5.32 Å². The van der Waals surface area contributed by atoms with E-state index in [-0.39, 0.29) is 5.75 Å². The van der Waals surface area contributed by atoms with Crippen LogP contribution in [-0.2, 0) is 9.84 Å². The molecule has 2 fully saturated rings. The van der Waals surface area contributed by atoms with Crippen molar-refractivity contribution in [1.29, 1.82) is 0 Å². The third-order valence-corrected chi connectivity index (χ3v) is 6.87. The van der Waals surface area contributed by atoms with Gasteiger partial charge in [0.2, 0.25) is 0 Å². The number of fused-ring (bicyclic) bond motifs is 1. The largest absolute Gasteiger partial charge is 0.368 e. The number of hydrogen-bond donors (Lipinski definition) is 1. The molecule has 1 N–H and O–H groups in total. The van der Waals surface area contributed by atoms with E-state index in [0.717, 1.165) is 31.2 Å². The summed E-state index contributed by atoms with van der Waals surface area (Å²) < 4.78 is 24.1. The summed E-state index contributed by atoms with van der Waals surface area (Å²) in [7, 11) is -3.11. The zero-order chi connectivity index (χ0) is 15.0. The van der Waals surface area contributed by atoms with Crippen molar-refractivity contribution < 1.29 is 8.42 Å². The van der Waals surface area contributed by atoms with Crippen LogP contribution in [0.2, 0.25) is 0 Å². The van der Waals surface area contributed by atoms with Crippen molar-refractivity contribution in [2.24, 2.45) is 11.8 Å². The lowest BCUT2D eigenvalue weighted by Gasteiger charge is -2.26. The van der Waals surface area contributed by atoms with Crippen LogP contribution >= 0.6 is 0 Å². The van der Waals surface area contributed by atoms with Crippen LogP contribution in [0.25, 0.3) is 0 Å². The standard InChI is InChI=1S/C16H24N2O2S/c1-3-8-21(19,20)15-6-4-14(5-7-15)18-11-13-9-17-10-16(13)12(18)2/h4-7,12-13,16-17H,3,8-11H2,1-2H3. The zero-order valence-corrected chi connectivity index (χ0v) is 13.6. The van der Waals surface area contributed by atoms with Gasteiger partial charge in [0, 0.05) is 31.4 Å². The van der Waals surface area contributed by atoms with Crippen LogP contribution in [0.4, 0.5) is 5.69 Å². The van der Waals surface area contributed by atoms with E-state index in [2.05, 4.69) is 17.1 Å². The van der Waals surface area contributed by atoms with E-state index in [1.165, 1.54) is 0 Å². The first-order valence-corrected chi connectivity index (χ1v) is 9.48. The van der Waals surface area contributed by atoms with E-state index >= 15 is 0 Å². The van der Waals surface area contributed by atoms with E-state index in [1.54, 1.807) is 12.1 Å². The minimum absolute atomic E-state index is 0.224. The summed E-state index contributed by atoms with van der Waals surface area (Å²) in [6.07, 6.45) is 0.656. The molecule has 116 valence electrons. The molecule has 0 radical (unpaired) electrons. The topological polar surface area (TPSA) is 49.4 Å². The Morgan fingerprint density at radius 3 is 2.57 bits per heavy atom. The summed E-state index contributed by atoms with van der Waals surface area (Å²) in [5.41, 5.74) is 1.15. The Hall–Kier alpha value is -1.07. The number of anilines is 1. The summed E-state index contributed by atoms with van der Waals surface area (Å²) in [6, 6.07) is 7.97. The molecule has 0 saturated carbocycles. The monoisotopic (exact) mass is 308 g/mol. The lowest BCUT2D eigenvalue weighted by molar-refractivity contribution is 0.471. The fourth-order valence-corrected chi connectivity index (χ4v) is 5.06. The molecule has 0 bridgehead atoms. The van der Waals surface area contributed by atoms with Gasteiger partial charge in [-0.2, -0.15) is 0 Å². The van der Waals surface area contributed by atoms with Gasteiger partial charge in [0.25, 0.3) is 0 Å². The Labute approximate surface area is 127 Å². The maximum Gasteiger partial charge on any atom is 0.178 e. The molecule has 3 atom stereocenters. The summed E-state index contributed by atoms with van der Waals surface area (Å²) in [5, 5.41) is 3.46. The van der Waals surface area contributed by atoms with Gasteiger partial charge >= 0.3 is 0 Å². The highest BCUT2D eigenvalue weighted by atomic mass is 32.2. The van der Waals surface area contributed by atoms with Gasteiger partial charge in [-0.15, -0.1) is 0 Å². The highest BCUT2D eigenvalue weighted by molar-refractivity contribution is 7.91. The number of benzene rings is 1. The molecule has 4 nitrogen and oxygen atoms in total. The molecule has 0 spiro atoms. The first-order chi connectivity index (χ1) is 10.0. The Kier molecular flexibility index (Phi) is 3.97. The predicted molar refractivity (Wildman–Crippen MR) is 85.4 cm³/mol. The summed E-state index contributed by atoms with van der Waals surface area (Å²) >= 11 is 0. The summed E-state index contributed by atoms with van der Waals surface area (Å²) in [5.74, 6) is 1.67. The van der Waals surface area contributed by atoms with Crippen LogP contribution in [0.15, 0.2) is 29.2 Å². The van der Waals surface area contributed by atoms with Gasteiger partial charge in [-0.05, 0) is 49.4 Å². The lowest BCUT2D eigenvalue weighted by atomic mass is 9.95. The van der Waals surface area contributed by atoms with Crippen LogP contribution in [0.1, 0.15) is 20.3 Å². The maximum absolute atomic E-state index is 12.1. The van der Waals surface area contributed by atoms with Crippen molar-refractivity contribution in [2.45, 2.75) is 31.2 Å². The summed E-state index contributed by atoms with van der Waals surface area (Å²) in [6.45, 7) is 7.45. The van der Waals surface area contributed by atoms with Gasteiger partial charge in [-0.1, -0.05) is 6.92 Å². The highest BCUT2D eigenvalue weighted by Crippen LogP contribution is 2.36. The smallest absolute Gasteiger partial charge is 0.178 e. The molecule has 2 aliphatic heterocycles. The summed E-state index contributed by atoms with van der Waals surface area (Å²) in [4.78, 5) is 2.87. The SMILES string of the molecule is CCCS(=O)(=O)c1ccc(N2CC3CNCC3C2C)cc1. The van der Waals surface area contributed by atoms with Crippen molar-refractivity contribution >= 4 is 15.5 Å². The van der Waals surface area contributed by atoms with Gasteiger partial charge in [-0.3, -0.25) is 0 Å². The van der Waals surface area contributed by atoms with E-state index in [0.29, 0.717) is 23.3 Å². The third kappa shape index (κ3) is 2.69. The quantitative estimate of drug-likeness (QED) is 0.923. The molecular formula is C16H24N2O2S. The Morgan fingerprint density at radius 2 is 1.95 bits per heavy atom. The lowest BCUT2D eigenvalue weighted by Crippen LogP contribution is -2.33. The average Bonchev–Trinajstić information content (AvgIpc) is 3.02. The van der Waals surface area contributed by atoms with Crippen molar-refractivity contribution in [2.75, 3.05) is 30.3 Å². The van der Waals surface area contributed by atoms with Crippen molar-refractivity contribution in [3.05, 3.63) is 24.3 Å². The van der Waals surface area contributed by atoms with E-state index < -0.39 is 9.84 Å². The van der Waals surface area contributed by atoms with E-state index in [1.807, 2.05) is 19.1 Å². The molecule has 0 aliphatic carbocycles. The minimum atomic E-state index is -3.11. The van der Waals surface area contributed by atoms with Crippen molar-refractivity contribution in [3.8, 4) is 0 Å². The molecule has 3 rings (SSSR count). The van der Waals surface area contributed by atoms with Gasteiger partial charge < -0.3 is 10.2 Å². The fourth-order valence-electron chi connectivity index (χ4n) is 3.74. The maximum atomic E-state index is 12.1. The van der Waals surface area contributed by atoms with Crippen LogP contribution in [0, 0.1) is 11.8 Å².